The van der Waals surface area contributed by atoms with Crippen LogP contribution in [0, 0.1) is 0 Å². The summed E-state index contributed by atoms with van der Waals surface area (Å²) in [5, 5.41) is 7.49. The fraction of sp³-hybridized carbons (Fsp3) is 0.292. The van der Waals surface area contributed by atoms with E-state index < -0.39 is 0 Å². The third kappa shape index (κ3) is 4.74. The van der Waals surface area contributed by atoms with Crippen molar-refractivity contribution in [3.05, 3.63) is 70.5 Å². The smallest absolute Gasteiger partial charge is 0.266 e. The molecule has 2 aromatic carbocycles. The average Bonchev–Trinajstić information content (AvgIpc) is 2.84. The number of fused-ring (bicyclic) bond motifs is 1. The molecule has 3 aromatic rings. The minimum absolute atomic E-state index is 0.228. The highest BCUT2D eigenvalue weighted by Crippen LogP contribution is 2.30. The third-order valence-corrected chi connectivity index (χ3v) is 5.28. The molecular weight excluding hydrogens is 410 g/mol. The monoisotopic (exact) mass is 435 g/mol. The number of benzene rings is 2. The summed E-state index contributed by atoms with van der Waals surface area (Å²) in [4.78, 5) is 25.2. The molecule has 1 aliphatic rings. The van der Waals surface area contributed by atoms with Gasteiger partial charge in [-0.1, -0.05) is 6.92 Å². The van der Waals surface area contributed by atoms with E-state index in [4.69, 9.17) is 14.2 Å². The Labute approximate surface area is 185 Å². The zero-order chi connectivity index (χ0) is 22.5. The number of hydrogen-bond acceptors (Lipinski definition) is 6. The van der Waals surface area contributed by atoms with E-state index in [0.717, 1.165) is 11.3 Å². The second-order valence-corrected chi connectivity index (χ2v) is 7.40. The van der Waals surface area contributed by atoms with Gasteiger partial charge in [-0.15, -0.1) is 0 Å². The van der Waals surface area contributed by atoms with Gasteiger partial charge in [0.15, 0.2) is 11.5 Å². The molecule has 0 fully saturated rings. The molecule has 0 saturated heterocycles. The Hall–Kier alpha value is -3.81. The molecule has 1 aromatic heterocycles. The van der Waals surface area contributed by atoms with Gasteiger partial charge in [-0.05, 0) is 55.0 Å². The number of carbonyl (C=O) groups is 1. The Morgan fingerprint density at radius 2 is 1.84 bits per heavy atom. The van der Waals surface area contributed by atoms with E-state index in [1.807, 2.05) is 31.2 Å². The Balaban J connectivity index is 1.49. The number of amides is 1. The Kier molecular flexibility index (Phi) is 6.39. The Morgan fingerprint density at radius 3 is 2.56 bits per heavy atom. The van der Waals surface area contributed by atoms with E-state index in [9.17, 15) is 9.59 Å². The van der Waals surface area contributed by atoms with Crippen molar-refractivity contribution in [3.8, 4) is 28.5 Å². The summed E-state index contributed by atoms with van der Waals surface area (Å²) >= 11 is 0. The topological polar surface area (TPSA) is 91.7 Å². The number of aromatic nitrogens is 2. The summed E-state index contributed by atoms with van der Waals surface area (Å²) in [6, 6.07) is 15.5. The normalized spacial score (nSPS) is 13.3. The lowest BCUT2D eigenvalue weighted by Crippen LogP contribution is -2.40. The molecule has 1 atom stereocenters. The van der Waals surface area contributed by atoms with Crippen LogP contribution in [0.2, 0.25) is 0 Å². The summed E-state index contributed by atoms with van der Waals surface area (Å²) < 4.78 is 17.6. The van der Waals surface area contributed by atoms with Gasteiger partial charge in [0.05, 0.1) is 19.3 Å². The highest BCUT2D eigenvalue weighted by Gasteiger charge is 2.18. The fourth-order valence-corrected chi connectivity index (χ4v) is 3.43. The first-order valence-electron chi connectivity index (χ1n) is 10.5. The number of carbonyl (C=O) groups excluding carboxylic acids is 1. The van der Waals surface area contributed by atoms with Crippen LogP contribution in [-0.4, -0.2) is 42.1 Å². The van der Waals surface area contributed by atoms with E-state index in [0.29, 0.717) is 42.4 Å². The van der Waals surface area contributed by atoms with Crippen molar-refractivity contribution in [2.45, 2.75) is 25.9 Å². The van der Waals surface area contributed by atoms with Crippen LogP contribution in [0.4, 0.5) is 0 Å². The van der Waals surface area contributed by atoms with Gasteiger partial charge in [-0.25, -0.2) is 4.68 Å². The van der Waals surface area contributed by atoms with Crippen LogP contribution in [0.25, 0.3) is 11.3 Å². The number of ether oxygens (including phenoxy) is 3. The second kappa shape index (κ2) is 9.55. The molecule has 1 aliphatic heterocycles. The zero-order valence-electron chi connectivity index (χ0n) is 18.0. The standard InChI is InChI=1S/C24H25N3O5/c1-3-18(25-24(29)17-6-10-21-22(14-17)32-13-12-31-21)15-27-23(28)11-9-20(26-27)16-4-7-19(30-2)8-5-16/h4-11,14,18H,3,12-13,15H2,1-2H3,(H,25,29)/t18-/m1/s1. The van der Waals surface area contributed by atoms with E-state index >= 15 is 0 Å². The summed E-state index contributed by atoms with van der Waals surface area (Å²) in [7, 11) is 1.61. The minimum atomic E-state index is -0.271. The number of rotatable bonds is 7. The summed E-state index contributed by atoms with van der Waals surface area (Å²) in [5.74, 6) is 1.69. The average molecular weight is 435 g/mol. The largest absolute Gasteiger partial charge is 0.497 e. The van der Waals surface area contributed by atoms with Crippen molar-refractivity contribution in [3.63, 3.8) is 0 Å². The predicted molar refractivity (Wildman–Crippen MR) is 119 cm³/mol. The molecule has 0 saturated carbocycles. The van der Waals surface area contributed by atoms with Gasteiger partial charge in [0, 0.05) is 23.2 Å². The highest BCUT2D eigenvalue weighted by molar-refractivity contribution is 5.95. The van der Waals surface area contributed by atoms with E-state index in [-0.39, 0.29) is 24.1 Å². The zero-order valence-corrected chi connectivity index (χ0v) is 18.0. The van der Waals surface area contributed by atoms with Crippen LogP contribution < -0.4 is 25.1 Å². The predicted octanol–water partition coefficient (Wildman–Crippen LogP) is 2.90. The van der Waals surface area contributed by atoms with E-state index in [1.54, 1.807) is 31.4 Å². The summed E-state index contributed by atoms with van der Waals surface area (Å²) in [6.07, 6.45) is 0.636. The number of nitrogens with zero attached hydrogens (tertiary/aromatic N) is 2. The first kappa shape index (κ1) is 21.4. The summed E-state index contributed by atoms with van der Waals surface area (Å²) in [6.45, 7) is 3.16. The maximum Gasteiger partial charge on any atom is 0.266 e. The molecule has 0 aliphatic carbocycles. The second-order valence-electron chi connectivity index (χ2n) is 7.40. The molecule has 8 heteroatoms. The van der Waals surface area contributed by atoms with Crippen molar-refractivity contribution in [1.82, 2.24) is 15.1 Å². The lowest BCUT2D eigenvalue weighted by molar-refractivity contribution is 0.0929. The Morgan fingerprint density at radius 1 is 1.09 bits per heavy atom. The highest BCUT2D eigenvalue weighted by atomic mass is 16.6. The number of hydrogen-bond donors (Lipinski definition) is 1. The molecule has 1 amide bonds. The first-order chi connectivity index (χ1) is 15.6. The van der Waals surface area contributed by atoms with Crippen molar-refractivity contribution in [2.24, 2.45) is 0 Å². The van der Waals surface area contributed by atoms with Gasteiger partial charge >= 0.3 is 0 Å². The molecule has 0 spiro atoms. The van der Waals surface area contributed by atoms with Crippen LogP contribution in [0.1, 0.15) is 23.7 Å². The molecule has 166 valence electrons. The molecule has 1 N–H and O–H groups in total. The van der Waals surface area contributed by atoms with Gasteiger partial charge in [-0.3, -0.25) is 9.59 Å². The molecular formula is C24H25N3O5. The SMILES string of the molecule is CC[C@H](Cn1nc(-c2ccc(OC)cc2)ccc1=O)NC(=O)c1ccc2c(c1)OCCO2. The van der Waals surface area contributed by atoms with Crippen LogP contribution in [-0.2, 0) is 6.54 Å². The Bertz CT molecular complexity index is 1160. The fourth-order valence-electron chi connectivity index (χ4n) is 3.43. The van der Waals surface area contributed by atoms with Crippen LogP contribution >= 0.6 is 0 Å². The molecule has 0 radical (unpaired) electrons. The third-order valence-electron chi connectivity index (χ3n) is 5.28. The van der Waals surface area contributed by atoms with Crippen LogP contribution in [0.15, 0.2) is 59.4 Å². The van der Waals surface area contributed by atoms with Gasteiger partial charge in [0.25, 0.3) is 11.5 Å². The molecule has 0 unspecified atom stereocenters. The molecule has 8 nitrogen and oxygen atoms in total. The van der Waals surface area contributed by atoms with Crippen LogP contribution in [0.3, 0.4) is 0 Å². The van der Waals surface area contributed by atoms with Gasteiger partial charge in [-0.2, -0.15) is 5.10 Å². The lowest BCUT2D eigenvalue weighted by atomic mass is 10.1. The van der Waals surface area contributed by atoms with Crippen molar-refractivity contribution in [1.29, 1.82) is 0 Å². The lowest BCUT2D eigenvalue weighted by Gasteiger charge is -2.20. The molecule has 2 heterocycles. The summed E-state index contributed by atoms with van der Waals surface area (Å²) in [5.41, 5.74) is 1.78. The molecule has 4 rings (SSSR count). The van der Waals surface area contributed by atoms with Gasteiger partial charge in [0.2, 0.25) is 0 Å². The first-order valence-corrected chi connectivity index (χ1v) is 10.5. The molecule has 32 heavy (non-hydrogen) atoms. The van der Waals surface area contributed by atoms with Crippen molar-refractivity contribution >= 4 is 5.91 Å². The van der Waals surface area contributed by atoms with Crippen molar-refractivity contribution < 1.29 is 19.0 Å². The minimum Gasteiger partial charge on any atom is -0.497 e. The maximum atomic E-state index is 12.8. The van der Waals surface area contributed by atoms with E-state index in [2.05, 4.69) is 10.4 Å². The van der Waals surface area contributed by atoms with Gasteiger partial charge < -0.3 is 19.5 Å². The number of methoxy groups -OCH3 is 1. The maximum absolute atomic E-state index is 12.8. The van der Waals surface area contributed by atoms with Gasteiger partial charge in [0.1, 0.15) is 19.0 Å². The number of nitrogens with one attached hydrogen (secondary N) is 1. The van der Waals surface area contributed by atoms with Crippen molar-refractivity contribution in [2.75, 3.05) is 20.3 Å². The quantitative estimate of drug-likeness (QED) is 0.614. The molecule has 0 bridgehead atoms. The van der Waals surface area contributed by atoms with E-state index in [1.165, 1.54) is 10.7 Å². The van der Waals surface area contributed by atoms with Crippen LogP contribution in [0.5, 0.6) is 17.2 Å².